The van der Waals surface area contributed by atoms with Crippen LogP contribution in [0, 0.1) is 0 Å². The minimum absolute atomic E-state index is 0.128. The summed E-state index contributed by atoms with van der Waals surface area (Å²) in [7, 11) is 8.72. The van der Waals surface area contributed by atoms with Crippen molar-refractivity contribution in [2.45, 2.75) is 82.3 Å². The highest BCUT2D eigenvalue weighted by Gasteiger charge is 2.21. The molecule has 0 saturated carbocycles. The molecular formula is C24H41N3O3S9. The van der Waals surface area contributed by atoms with Gasteiger partial charge in [0.2, 0.25) is 0 Å². The van der Waals surface area contributed by atoms with E-state index in [1.54, 1.807) is 32.4 Å². The summed E-state index contributed by atoms with van der Waals surface area (Å²) >= 11 is 4.09. The van der Waals surface area contributed by atoms with Gasteiger partial charge in [0.1, 0.15) is 0 Å². The summed E-state index contributed by atoms with van der Waals surface area (Å²) in [6.45, 7) is 5.93. The maximum Gasteiger partial charge on any atom is 0.271 e. The molecule has 3 rings (SSSR count). The molecule has 0 unspecified atom stereocenters. The fourth-order valence-electron chi connectivity index (χ4n) is 4.29. The Morgan fingerprint density at radius 1 is 0.462 bits per heavy atom. The zero-order valence-corrected chi connectivity index (χ0v) is 29.8. The number of rotatable bonds is 11. The third-order valence-corrected chi connectivity index (χ3v) is 17.8. The third kappa shape index (κ3) is 17.2. The molecule has 0 radical (unpaired) electrons. The monoisotopic (exact) mass is 707 g/mol. The average molecular weight is 708 g/mol. The maximum absolute atomic E-state index is 12.7. The highest BCUT2D eigenvalue weighted by molar-refractivity contribution is 8.88. The Bertz CT molecular complexity index is 676. The van der Waals surface area contributed by atoms with Gasteiger partial charge < -0.3 is 0 Å². The van der Waals surface area contributed by atoms with Crippen molar-refractivity contribution in [3.05, 3.63) is 0 Å². The molecule has 3 heterocycles. The van der Waals surface area contributed by atoms with Gasteiger partial charge in [-0.1, -0.05) is 70.9 Å². The number of carbonyl (C=O) groups is 3. The van der Waals surface area contributed by atoms with Gasteiger partial charge in [0.25, 0.3) is 13.3 Å². The Hall–Kier alpha value is 2.04. The summed E-state index contributed by atoms with van der Waals surface area (Å²) in [4.78, 5) is 37.8. The molecule has 0 aromatic heterocycles. The lowest BCUT2D eigenvalue weighted by Crippen LogP contribution is -2.18. The van der Waals surface area contributed by atoms with Crippen molar-refractivity contribution in [2.24, 2.45) is 0 Å². The minimum Gasteiger partial charge on any atom is -0.272 e. The molecule has 0 aliphatic carbocycles. The highest BCUT2D eigenvalue weighted by Crippen LogP contribution is 2.42. The third-order valence-electron chi connectivity index (χ3n) is 6.32. The van der Waals surface area contributed by atoms with Crippen molar-refractivity contribution in [1.29, 1.82) is 0 Å². The second-order valence-electron chi connectivity index (χ2n) is 9.59. The number of hydrogen-bond donors (Lipinski definition) is 0. The van der Waals surface area contributed by atoms with E-state index in [0.717, 1.165) is 63.6 Å². The summed E-state index contributed by atoms with van der Waals surface area (Å²) in [6, 6.07) is 0. The van der Waals surface area contributed by atoms with Gasteiger partial charge in [-0.05, 0) is 70.9 Å². The number of carbonyl (C=O) groups excluding carboxylic acids is 3. The summed E-state index contributed by atoms with van der Waals surface area (Å²) in [5.41, 5.74) is 0. The van der Waals surface area contributed by atoms with E-state index in [1.807, 2.05) is 0 Å². The molecule has 6 nitrogen and oxygen atoms in total. The van der Waals surface area contributed by atoms with Crippen LogP contribution in [0.25, 0.3) is 0 Å². The first-order valence-corrected chi connectivity index (χ1v) is 23.1. The van der Waals surface area contributed by atoms with Gasteiger partial charge in [0.05, 0.1) is 0 Å². The Balaban J connectivity index is 1.39. The summed E-state index contributed by atoms with van der Waals surface area (Å²) in [5.74, 6) is 1.52. The van der Waals surface area contributed by atoms with Crippen LogP contribution in [0.2, 0.25) is 0 Å². The molecule has 0 amide bonds. The number of nitrogens with zero attached hydrogens (tertiary/aromatic N) is 3. The smallest absolute Gasteiger partial charge is 0.271 e. The van der Waals surface area contributed by atoms with E-state index < -0.39 is 0 Å². The van der Waals surface area contributed by atoms with Gasteiger partial charge in [-0.15, -0.1) is 0 Å². The average Bonchev–Trinajstić information content (AvgIpc) is 3.44. The topological polar surface area (TPSA) is 60.9 Å². The lowest BCUT2D eigenvalue weighted by Gasteiger charge is -2.19. The van der Waals surface area contributed by atoms with E-state index in [-0.39, 0.29) is 18.6 Å². The Morgan fingerprint density at radius 3 is 1.10 bits per heavy atom. The van der Waals surface area contributed by atoms with Crippen LogP contribution < -0.4 is 0 Å². The first-order valence-electron chi connectivity index (χ1n) is 13.9. The van der Waals surface area contributed by atoms with E-state index in [9.17, 15) is 14.4 Å². The van der Waals surface area contributed by atoms with Crippen molar-refractivity contribution in [3.63, 3.8) is 0 Å². The quantitative estimate of drug-likeness (QED) is 0.151. The van der Waals surface area contributed by atoms with Crippen LogP contribution in [-0.4, -0.2) is 82.3 Å². The van der Waals surface area contributed by atoms with Gasteiger partial charge in [-0.3, -0.25) is 14.4 Å². The van der Waals surface area contributed by atoms with Gasteiger partial charge in [-0.2, -0.15) is 0 Å². The van der Waals surface area contributed by atoms with E-state index in [1.165, 1.54) is 132 Å². The normalized spacial score (nSPS) is 20.8. The molecule has 0 bridgehead atoms. The van der Waals surface area contributed by atoms with Gasteiger partial charge >= 0.3 is 0 Å². The SMILES string of the molecule is O=C(SSCC(CSSC(=O)SN1CCCCCC1)SSC(=O)SN1CCCCCC1)SN1CCCCCC1. The first-order chi connectivity index (χ1) is 19.1. The van der Waals surface area contributed by atoms with E-state index in [4.69, 9.17) is 0 Å². The molecule has 15 heteroatoms. The van der Waals surface area contributed by atoms with Crippen molar-refractivity contribution in [1.82, 2.24) is 12.9 Å². The number of hydrogen-bond acceptors (Lipinski definition) is 15. The molecule has 3 saturated heterocycles. The molecule has 3 fully saturated rings. The van der Waals surface area contributed by atoms with Crippen molar-refractivity contribution >= 4 is 114 Å². The van der Waals surface area contributed by atoms with Crippen LogP contribution in [0.4, 0.5) is 14.4 Å². The lowest BCUT2D eigenvalue weighted by atomic mass is 10.2. The molecule has 0 atom stereocenters. The molecule has 224 valence electrons. The minimum atomic E-state index is 0.128. The highest BCUT2D eigenvalue weighted by atomic mass is 33.1. The fourth-order valence-corrected chi connectivity index (χ4v) is 15.8. The molecule has 0 aromatic carbocycles. The molecule has 0 N–H and O–H groups in total. The molecule has 39 heavy (non-hydrogen) atoms. The van der Waals surface area contributed by atoms with Crippen molar-refractivity contribution < 1.29 is 14.4 Å². The Labute approximate surface area is 272 Å². The second kappa shape index (κ2) is 22.5. The van der Waals surface area contributed by atoms with Gasteiger partial charge in [0, 0.05) is 91.9 Å². The Morgan fingerprint density at radius 2 is 0.769 bits per heavy atom. The predicted octanol–water partition coefficient (Wildman–Crippen LogP) is 10.4. The van der Waals surface area contributed by atoms with Crippen molar-refractivity contribution in [2.75, 3.05) is 50.8 Å². The van der Waals surface area contributed by atoms with Gasteiger partial charge in [-0.25, -0.2) is 12.9 Å². The van der Waals surface area contributed by atoms with Crippen LogP contribution in [0.5, 0.6) is 0 Å². The summed E-state index contributed by atoms with van der Waals surface area (Å²) in [5, 5.41) is 0.172. The first kappa shape index (κ1) is 35.5. The largest absolute Gasteiger partial charge is 0.272 e. The van der Waals surface area contributed by atoms with Crippen molar-refractivity contribution in [3.8, 4) is 0 Å². The van der Waals surface area contributed by atoms with E-state index >= 15 is 0 Å². The molecule has 3 aliphatic heterocycles. The van der Waals surface area contributed by atoms with Crippen LogP contribution >= 0.6 is 101 Å². The fraction of sp³-hybridized carbons (Fsp3) is 0.875. The van der Waals surface area contributed by atoms with E-state index in [0.29, 0.717) is 0 Å². The lowest BCUT2D eigenvalue weighted by molar-refractivity contribution is 0.275. The van der Waals surface area contributed by atoms with Crippen LogP contribution in [0.3, 0.4) is 0 Å². The molecular weight excluding hydrogens is 667 g/mol. The molecule has 0 aromatic rings. The zero-order chi connectivity index (χ0) is 27.5. The van der Waals surface area contributed by atoms with Crippen LogP contribution in [0.1, 0.15) is 77.0 Å². The van der Waals surface area contributed by atoms with Crippen LogP contribution in [-0.2, 0) is 0 Å². The van der Waals surface area contributed by atoms with Crippen LogP contribution in [0.15, 0.2) is 0 Å². The predicted molar refractivity (Wildman–Crippen MR) is 188 cm³/mol. The molecule has 0 spiro atoms. The standard InChI is InChI=1S/C24H41N3O3S9/c28-22(33-25-13-7-1-2-8-14-25)37-31-19-21(36-39-24(30)35-27-17-11-5-6-12-18-27)20-32-38-23(29)34-26-15-9-3-4-10-16-26/h21H,1-20H2. The Kier molecular flexibility index (Phi) is 20.5. The van der Waals surface area contributed by atoms with E-state index in [2.05, 4.69) is 12.9 Å². The molecule has 3 aliphatic rings. The zero-order valence-electron chi connectivity index (χ0n) is 22.5. The van der Waals surface area contributed by atoms with Gasteiger partial charge in [0.15, 0.2) is 0 Å². The summed E-state index contributed by atoms with van der Waals surface area (Å²) in [6.07, 6.45) is 14.5. The summed E-state index contributed by atoms with van der Waals surface area (Å²) < 4.78 is 7.04. The maximum atomic E-state index is 12.7. The second-order valence-corrected chi connectivity index (χ2v) is 20.7.